The number of carbonyl (C=O) groups is 1. The van der Waals surface area contributed by atoms with Crippen LogP contribution in [0.3, 0.4) is 0 Å². The lowest BCUT2D eigenvalue weighted by molar-refractivity contribution is -0.117. The number of halogens is 2. The van der Waals surface area contributed by atoms with E-state index in [-0.39, 0.29) is 11.6 Å². The first-order valence-electron chi connectivity index (χ1n) is 6.14. The molecule has 1 aromatic rings. The number of nitrogens with one attached hydrogen (secondary N) is 1. The molecule has 0 fully saturated rings. The van der Waals surface area contributed by atoms with Crippen LogP contribution < -0.4 is 5.32 Å². The molecular formula is C13H18ClFN2O3S. The van der Waals surface area contributed by atoms with Gasteiger partial charge in [-0.15, -0.1) is 0 Å². The fourth-order valence-electron chi connectivity index (χ4n) is 1.76. The zero-order valence-electron chi connectivity index (χ0n) is 12.3. The lowest BCUT2D eigenvalue weighted by Gasteiger charge is -2.32. The minimum atomic E-state index is -3.54. The Kier molecular flexibility index (Phi) is 5.35. The predicted octanol–water partition coefficient (Wildman–Crippen LogP) is 2.48. The highest BCUT2D eigenvalue weighted by molar-refractivity contribution is 7.88. The van der Waals surface area contributed by atoms with E-state index in [0.29, 0.717) is 5.69 Å². The van der Waals surface area contributed by atoms with E-state index in [4.69, 9.17) is 11.6 Å². The Morgan fingerprint density at radius 2 is 1.95 bits per heavy atom. The fourth-order valence-corrected chi connectivity index (χ4v) is 3.28. The van der Waals surface area contributed by atoms with E-state index in [0.717, 1.165) is 16.6 Å². The van der Waals surface area contributed by atoms with Crippen molar-refractivity contribution in [2.45, 2.75) is 26.3 Å². The number of amides is 1. The van der Waals surface area contributed by atoms with Gasteiger partial charge in [-0.3, -0.25) is 4.79 Å². The van der Waals surface area contributed by atoms with Crippen molar-refractivity contribution < 1.29 is 17.6 Å². The zero-order chi connectivity index (χ0) is 16.4. The highest BCUT2D eigenvalue weighted by Crippen LogP contribution is 2.20. The van der Waals surface area contributed by atoms with Gasteiger partial charge in [0.05, 0.1) is 17.8 Å². The van der Waals surface area contributed by atoms with Crippen LogP contribution in [0.2, 0.25) is 5.02 Å². The number of anilines is 1. The Hall–Kier alpha value is -1.18. The van der Waals surface area contributed by atoms with Gasteiger partial charge in [-0.25, -0.2) is 12.8 Å². The monoisotopic (exact) mass is 336 g/mol. The lowest BCUT2D eigenvalue weighted by atomic mass is 10.1. The van der Waals surface area contributed by atoms with Crippen LogP contribution in [0.1, 0.15) is 20.8 Å². The van der Waals surface area contributed by atoms with Gasteiger partial charge in [0.1, 0.15) is 5.82 Å². The number of hydrogen-bond donors (Lipinski definition) is 1. The molecule has 1 rings (SSSR count). The summed E-state index contributed by atoms with van der Waals surface area (Å²) >= 11 is 5.62. The summed E-state index contributed by atoms with van der Waals surface area (Å²) in [5, 5.41) is 2.37. The van der Waals surface area contributed by atoms with E-state index >= 15 is 0 Å². The van der Waals surface area contributed by atoms with Crippen LogP contribution in [-0.4, -0.2) is 37.0 Å². The molecule has 5 nitrogen and oxygen atoms in total. The van der Waals surface area contributed by atoms with Crippen LogP contribution >= 0.6 is 11.6 Å². The van der Waals surface area contributed by atoms with Crippen LogP contribution in [-0.2, 0) is 14.8 Å². The molecule has 0 aliphatic carbocycles. The van der Waals surface area contributed by atoms with Gasteiger partial charge in [0, 0.05) is 11.2 Å². The maximum Gasteiger partial charge on any atom is 0.239 e. The lowest BCUT2D eigenvalue weighted by Crippen LogP contribution is -2.48. The second-order valence-electron chi connectivity index (χ2n) is 5.62. The Labute approximate surface area is 129 Å². The van der Waals surface area contributed by atoms with E-state index in [1.807, 2.05) is 0 Å². The molecule has 21 heavy (non-hydrogen) atoms. The summed E-state index contributed by atoms with van der Waals surface area (Å²) in [5.74, 6) is -1.12. The average molecular weight is 337 g/mol. The van der Waals surface area contributed by atoms with E-state index in [9.17, 15) is 17.6 Å². The maximum absolute atomic E-state index is 13.0. The molecule has 0 radical (unpaired) electrons. The van der Waals surface area contributed by atoms with Crippen LogP contribution in [0.5, 0.6) is 0 Å². The van der Waals surface area contributed by atoms with Crippen LogP contribution in [0.25, 0.3) is 0 Å². The minimum absolute atomic E-state index is 0.122. The molecule has 8 heteroatoms. The van der Waals surface area contributed by atoms with E-state index in [2.05, 4.69) is 5.32 Å². The highest BCUT2D eigenvalue weighted by atomic mass is 35.5. The Balaban J connectivity index is 2.86. The average Bonchev–Trinajstić information content (AvgIpc) is 2.28. The number of carbonyl (C=O) groups excluding carboxylic acids is 1. The molecule has 0 aliphatic heterocycles. The van der Waals surface area contributed by atoms with Crippen molar-refractivity contribution >= 4 is 33.2 Å². The van der Waals surface area contributed by atoms with E-state index in [1.54, 1.807) is 20.8 Å². The molecule has 0 saturated heterocycles. The van der Waals surface area contributed by atoms with Crippen LogP contribution in [0, 0.1) is 5.82 Å². The summed E-state index contributed by atoms with van der Waals surface area (Å²) in [6.45, 7) is 4.74. The van der Waals surface area contributed by atoms with Crippen molar-refractivity contribution in [2.24, 2.45) is 0 Å². The quantitative estimate of drug-likeness (QED) is 0.918. The van der Waals surface area contributed by atoms with Crippen LogP contribution in [0.15, 0.2) is 18.2 Å². The largest absolute Gasteiger partial charge is 0.325 e. The first kappa shape index (κ1) is 17.9. The van der Waals surface area contributed by atoms with Gasteiger partial charge in [0.15, 0.2) is 0 Å². The second-order valence-corrected chi connectivity index (χ2v) is 7.93. The minimum Gasteiger partial charge on any atom is -0.325 e. The first-order chi connectivity index (χ1) is 9.41. The molecule has 0 unspecified atom stereocenters. The van der Waals surface area contributed by atoms with Gasteiger partial charge in [-0.1, -0.05) is 11.6 Å². The number of hydrogen-bond acceptors (Lipinski definition) is 3. The fraction of sp³-hybridized carbons (Fsp3) is 0.462. The van der Waals surface area contributed by atoms with Crippen molar-refractivity contribution in [3.05, 3.63) is 29.0 Å². The smallest absolute Gasteiger partial charge is 0.239 e. The Morgan fingerprint density at radius 1 is 1.38 bits per heavy atom. The summed E-state index contributed by atoms with van der Waals surface area (Å²) in [7, 11) is -3.54. The molecule has 1 amide bonds. The van der Waals surface area contributed by atoms with Gasteiger partial charge < -0.3 is 5.32 Å². The van der Waals surface area contributed by atoms with Crippen molar-refractivity contribution in [2.75, 3.05) is 18.1 Å². The van der Waals surface area contributed by atoms with E-state index < -0.39 is 27.3 Å². The van der Waals surface area contributed by atoms with Gasteiger partial charge >= 0.3 is 0 Å². The normalized spacial score (nSPS) is 12.5. The van der Waals surface area contributed by atoms with Gasteiger partial charge in [-0.2, -0.15) is 4.31 Å². The van der Waals surface area contributed by atoms with Crippen molar-refractivity contribution in [1.82, 2.24) is 4.31 Å². The number of benzene rings is 1. The molecule has 0 spiro atoms. The predicted molar refractivity (Wildman–Crippen MR) is 81.3 cm³/mol. The summed E-state index contributed by atoms with van der Waals surface area (Å²) in [6, 6.07) is 3.73. The number of nitrogens with zero attached hydrogens (tertiary/aromatic N) is 1. The SMILES string of the molecule is CC(C)(C)N(CC(=O)Nc1ccc(F)c(Cl)c1)S(C)(=O)=O. The molecule has 0 aromatic heterocycles. The Bertz CT molecular complexity index is 641. The first-order valence-corrected chi connectivity index (χ1v) is 8.36. The molecule has 0 atom stereocenters. The van der Waals surface area contributed by atoms with Crippen molar-refractivity contribution in [3.8, 4) is 0 Å². The van der Waals surface area contributed by atoms with Crippen LogP contribution in [0.4, 0.5) is 10.1 Å². The molecule has 0 aliphatic rings. The summed E-state index contributed by atoms with van der Waals surface area (Å²) < 4.78 is 37.6. The van der Waals surface area contributed by atoms with E-state index in [1.165, 1.54) is 12.1 Å². The number of sulfonamides is 1. The molecule has 0 saturated carbocycles. The summed E-state index contributed by atoms with van der Waals surface area (Å²) in [5.41, 5.74) is -0.431. The Morgan fingerprint density at radius 3 is 2.38 bits per heavy atom. The molecular weight excluding hydrogens is 319 g/mol. The van der Waals surface area contributed by atoms with Crippen molar-refractivity contribution in [1.29, 1.82) is 0 Å². The molecule has 1 N–H and O–H groups in total. The highest BCUT2D eigenvalue weighted by Gasteiger charge is 2.31. The standard InChI is InChI=1S/C13H18ClFN2O3S/c1-13(2,3)17(21(4,19)20)8-12(18)16-9-5-6-11(15)10(14)7-9/h5-7H,8H2,1-4H3,(H,16,18). The third kappa shape index (κ3) is 5.26. The topological polar surface area (TPSA) is 66.5 Å². The van der Waals surface area contributed by atoms with Gasteiger partial charge in [0.2, 0.25) is 15.9 Å². The third-order valence-corrected chi connectivity index (χ3v) is 4.41. The molecule has 0 heterocycles. The second kappa shape index (κ2) is 6.29. The number of rotatable bonds is 4. The molecule has 1 aromatic carbocycles. The summed E-state index contributed by atoms with van der Waals surface area (Å²) in [6.07, 6.45) is 1.04. The summed E-state index contributed by atoms with van der Waals surface area (Å²) in [4.78, 5) is 12.0. The third-order valence-electron chi connectivity index (χ3n) is 2.64. The zero-order valence-corrected chi connectivity index (χ0v) is 13.8. The molecule has 0 bridgehead atoms. The van der Waals surface area contributed by atoms with Gasteiger partial charge in [-0.05, 0) is 39.0 Å². The maximum atomic E-state index is 13.0. The molecule has 118 valence electrons. The van der Waals surface area contributed by atoms with Crippen molar-refractivity contribution in [3.63, 3.8) is 0 Å². The van der Waals surface area contributed by atoms with Gasteiger partial charge in [0.25, 0.3) is 0 Å².